The van der Waals surface area contributed by atoms with Gasteiger partial charge in [0, 0.05) is 17.6 Å². The van der Waals surface area contributed by atoms with Crippen molar-refractivity contribution in [3.63, 3.8) is 0 Å². The molecule has 0 fully saturated rings. The average molecular weight is 272 g/mol. The van der Waals surface area contributed by atoms with Crippen molar-refractivity contribution in [3.8, 4) is 0 Å². The summed E-state index contributed by atoms with van der Waals surface area (Å²) in [6.07, 6.45) is 2.29. The van der Waals surface area contributed by atoms with Gasteiger partial charge in [-0.05, 0) is 48.6 Å². The second-order valence-electron chi connectivity index (χ2n) is 5.30. The van der Waals surface area contributed by atoms with Gasteiger partial charge in [0.2, 0.25) is 0 Å². The quantitative estimate of drug-likeness (QED) is 0.871. The number of halogens is 1. The number of rotatable bonds is 3. The molecule has 0 aliphatic heterocycles. The second kappa shape index (κ2) is 5.36. The first-order valence-corrected chi connectivity index (χ1v) is 7.17. The molecule has 1 nitrogen and oxygen atoms in total. The molecule has 0 aromatic heterocycles. The molecule has 0 spiro atoms. The first-order chi connectivity index (χ1) is 9.22. The Morgan fingerprint density at radius 3 is 2.95 bits per heavy atom. The standard InChI is InChI=1S/C17H18ClN/c1-12-3-2-4-13(9-12)11-19-17-8-5-14-10-15(18)6-7-16(14)17/h2-4,6-7,9-10,17,19H,5,8,11H2,1H3. The summed E-state index contributed by atoms with van der Waals surface area (Å²) in [7, 11) is 0. The van der Waals surface area contributed by atoms with Crippen LogP contribution in [-0.2, 0) is 13.0 Å². The highest BCUT2D eigenvalue weighted by atomic mass is 35.5. The molecule has 0 radical (unpaired) electrons. The first-order valence-electron chi connectivity index (χ1n) is 6.79. The Bertz CT molecular complexity index is 592. The molecule has 1 atom stereocenters. The lowest BCUT2D eigenvalue weighted by Gasteiger charge is -2.14. The molecule has 19 heavy (non-hydrogen) atoms. The highest BCUT2D eigenvalue weighted by Gasteiger charge is 2.21. The van der Waals surface area contributed by atoms with Crippen molar-refractivity contribution in [1.29, 1.82) is 0 Å². The largest absolute Gasteiger partial charge is 0.306 e. The summed E-state index contributed by atoms with van der Waals surface area (Å²) >= 11 is 6.04. The van der Waals surface area contributed by atoms with Crippen molar-refractivity contribution in [2.24, 2.45) is 0 Å². The van der Waals surface area contributed by atoms with Crippen molar-refractivity contribution in [2.75, 3.05) is 0 Å². The highest BCUT2D eigenvalue weighted by Crippen LogP contribution is 2.32. The molecule has 98 valence electrons. The lowest BCUT2D eigenvalue weighted by Crippen LogP contribution is -2.18. The van der Waals surface area contributed by atoms with Gasteiger partial charge in [-0.25, -0.2) is 0 Å². The van der Waals surface area contributed by atoms with E-state index in [1.54, 1.807) is 0 Å². The van der Waals surface area contributed by atoms with Crippen LogP contribution < -0.4 is 5.32 Å². The van der Waals surface area contributed by atoms with E-state index in [0.717, 1.165) is 18.0 Å². The van der Waals surface area contributed by atoms with Crippen LogP contribution in [0.15, 0.2) is 42.5 Å². The predicted molar refractivity (Wildman–Crippen MR) is 80.5 cm³/mol. The van der Waals surface area contributed by atoms with E-state index in [1.807, 2.05) is 6.07 Å². The zero-order chi connectivity index (χ0) is 13.2. The number of hydrogen-bond donors (Lipinski definition) is 1. The van der Waals surface area contributed by atoms with Crippen molar-refractivity contribution in [2.45, 2.75) is 32.4 Å². The van der Waals surface area contributed by atoms with E-state index in [1.165, 1.54) is 28.7 Å². The fraction of sp³-hybridized carbons (Fsp3) is 0.294. The zero-order valence-electron chi connectivity index (χ0n) is 11.1. The summed E-state index contributed by atoms with van der Waals surface area (Å²) in [6, 6.07) is 15.4. The number of nitrogens with one attached hydrogen (secondary N) is 1. The topological polar surface area (TPSA) is 12.0 Å². The van der Waals surface area contributed by atoms with Gasteiger partial charge in [-0.3, -0.25) is 0 Å². The maximum atomic E-state index is 6.04. The SMILES string of the molecule is Cc1cccc(CNC2CCc3cc(Cl)ccc32)c1. The fourth-order valence-corrected chi connectivity index (χ4v) is 3.06. The molecule has 1 N–H and O–H groups in total. The molecule has 3 rings (SSSR count). The van der Waals surface area contributed by atoms with Gasteiger partial charge < -0.3 is 5.32 Å². The second-order valence-corrected chi connectivity index (χ2v) is 5.74. The molecule has 0 amide bonds. The van der Waals surface area contributed by atoms with Crippen LogP contribution in [0, 0.1) is 6.92 Å². The summed E-state index contributed by atoms with van der Waals surface area (Å²) in [5.74, 6) is 0. The average Bonchev–Trinajstić information content (AvgIpc) is 2.78. The van der Waals surface area contributed by atoms with Crippen molar-refractivity contribution < 1.29 is 0 Å². The molecular formula is C17H18ClN. The van der Waals surface area contributed by atoms with Crippen molar-refractivity contribution >= 4 is 11.6 Å². The third-order valence-corrected chi connectivity index (χ3v) is 4.05. The molecule has 2 heteroatoms. The lowest BCUT2D eigenvalue weighted by molar-refractivity contribution is 0.530. The van der Waals surface area contributed by atoms with Crippen LogP contribution in [0.5, 0.6) is 0 Å². The molecule has 1 aliphatic carbocycles. The van der Waals surface area contributed by atoms with Crippen LogP contribution >= 0.6 is 11.6 Å². The van der Waals surface area contributed by atoms with Gasteiger partial charge >= 0.3 is 0 Å². The van der Waals surface area contributed by atoms with Gasteiger partial charge in [-0.2, -0.15) is 0 Å². The van der Waals surface area contributed by atoms with E-state index in [2.05, 4.69) is 48.6 Å². The molecular weight excluding hydrogens is 254 g/mol. The van der Waals surface area contributed by atoms with E-state index < -0.39 is 0 Å². The fourth-order valence-electron chi connectivity index (χ4n) is 2.86. The summed E-state index contributed by atoms with van der Waals surface area (Å²) in [6.45, 7) is 3.06. The first kappa shape index (κ1) is 12.7. The van der Waals surface area contributed by atoms with Crippen LogP contribution in [0.25, 0.3) is 0 Å². The highest BCUT2D eigenvalue weighted by molar-refractivity contribution is 6.30. The predicted octanol–water partition coefficient (Wildman–Crippen LogP) is 4.43. The number of hydrogen-bond acceptors (Lipinski definition) is 1. The van der Waals surface area contributed by atoms with Crippen LogP contribution in [0.2, 0.25) is 5.02 Å². The van der Waals surface area contributed by atoms with Crippen LogP contribution in [-0.4, -0.2) is 0 Å². The third kappa shape index (κ3) is 2.83. The van der Waals surface area contributed by atoms with Crippen LogP contribution in [0.3, 0.4) is 0 Å². The summed E-state index contributed by atoms with van der Waals surface area (Å²) < 4.78 is 0. The van der Waals surface area contributed by atoms with Crippen molar-refractivity contribution in [1.82, 2.24) is 5.32 Å². The molecule has 0 saturated heterocycles. The van der Waals surface area contributed by atoms with E-state index in [0.29, 0.717) is 6.04 Å². The van der Waals surface area contributed by atoms with Gasteiger partial charge in [0.05, 0.1) is 0 Å². The van der Waals surface area contributed by atoms with Gasteiger partial charge in [0.1, 0.15) is 0 Å². The van der Waals surface area contributed by atoms with E-state index in [9.17, 15) is 0 Å². The Hall–Kier alpha value is -1.31. The van der Waals surface area contributed by atoms with E-state index in [4.69, 9.17) is 11.6 Å². The van der Waals surface area contributed by atoms with Gasteiger partial charge in [-0.1, -0.05) is 47.5 Å². The van der Waals surface area contributed by atoms with E-state index in [-0.39, 0.29) is 0 Å². The summed E-state index contributed by atoms with van der Waals surface area (Å²) in [5.41, 5.74) is 5.48. The number of aryl methyl sites for hydroxylation is 2. The van der Waals surface area contributed by atoms with E-state index >= 15 is 0 Å². The molecule has 2 aromatic rings. The Morgan fingerprint density at radius 1 is 1.21 bits per heavy atom. The lowest BCUT2D eigenvalue weighted by atomic mass is 10.1. The molecule has 0 saturated carbocycles. The Balaban J connectivity index is 1.70. The Labute approximate surface area is 119 Å². The van der Waals surface area contributed by atoms with Gasteiger partial charge in [0.15, 0.2) is 0 Å². The minimum Gasteiger partial charge on any atom is -0.306 e. The molecule has 1 unspecified atom stereocenters. The number of benzene rings is 2. The van der Waals surface area contributed by atoms with Gasteiger partial charge in [0.25, 0.3) is 0 Å². The number of fused-ring (bicyclic) bond motifs is 1. The summed E-state index contributed by atoms with van der Waals surface area (Å²) in [5, 5.41) is 4.50. The molecule has 2 aromatic carbocycles. The van der Waals surface area contributed by atoms with Crippen molar-refractivity contribution in [3.05, 3.63) is 69.7 Å². The Morgan fingerprint density at radius 2 is 2.11 bits per heavy atom. The Kier molecular flexibility index (Phi) is 3.58. The minimum atomic E-state index is 0.466. The van der Waals surface area contributed by atoms with Gasteiger partial charge in [-0.15, -0.1) is 0 Å². The minimum absolute atomic E-state index is 0.466. The smallest absolute Gasteiger partial charge is 0.0408 e. The molecule has 0 bridgehead atoms. The molecule has 1 aliphatic rings. The maximum absolute atomic E-state index is 6.04. The summed E-state index contributed by atoms with van der Waals surface area (Å²) in [4.78, 5) is 0. The third-order valence-electron chi connectivity index (χ3n) is 3.82. The normalized spacial score (nSPS) is 17.5. The maximum Gasteiger partial charge on any atom is 0.0408 e. The monoisotopic (exact) mass is 271 g/mol. The molecule has 0 heterocycles. The van der Waals surface area contributed by atoms with Crippen LogP contribution in [0.4, 0.5) is 0 Å². The zero-order valence-corrected chi connectivity index (χ0v) is 11.9. The van der Waals surface area contributed by atoms with Crippen LogP contribution in [0.1, 0.15) is 34.7 Å².